The Morgan fingerprint density at radius 1 is 0.652 bits per heavy atom. The number of carbonyl (C=O) groups is 2. The number of phenols is 3. The van der Waals surface area contributed by atoms with Crippen LogP contribution in [0.2, 0.25) is 0 Å². The molecular formula is C27H26O19. The highest BCUT2D eigenvalue weighted by Crippen LogP contribution is 2.42. The maximum absolute atomic E-state index is 13.0. The predicted octanol–water partition coefficient (Wildman–Crippen LogP) is -2.88. The van der Waals surface area contributed by atoms with Gasteiger partial charge in [0.25, 0.3) is 0 Å². The molecule has 5 rings (SSSR count). The Morgan fingerprint density at radius 2 is 1.20 bits per heavy atom. The van der Waals surface area contributed by atoms with Gasteiger partial charge in [-0.05, 0) is 12.1 Å². The lowest BCUT2D eigenvalue weighted by molar-refractivity contribution is -0.271. The van der Waals surface area contributed by atoms with Crippen molar-refractivity contribution in [2.75, 3.05) is 0 Å². The molecule has 2 aromatic carbocycles. The van der Waals surface area contributed by atoms with Crippen molar-refractivity contribution in [3.05, 3.63) is 40.6 Å². The molecule has 0 unspecified atom stereocenters. The molecule has 0 bridgehead atoms. The number of fused-ring (bicyclic) bond motifs is 1. The van der Waals surface area contributed by atoms with Crippen LogP contribution in [0, 0.1) is 0 Å². The molecule has 0 amide bonds. The second-order valence-electron chi connectivity index (χ2n) is 10.3. The Labute approximate surface area is 254 Å². The zero-order chi connectivity index (χ0) is 33.8. The summed E-state index contributed by atoms with van der Waals surface area (Å²) in [4.78, 5) is 35.7. The van der Waals surface area contributed by atoms with Crippen molar-refractivity contribution in [3.63, 3.8) is 0 Å². The molecule has 0 aliphatic carbocycles. The largest absolute Gasteiger partial charge is 0.507 e. The van der Waals surface area contributed by atoms with Crippen molar-refractivity contribution in [1.29, 1.82) is 0 Å². The standard InChI is InChI=1S/C27H26O19/c28-8-3-7(42-26-20(36)16(32)18(34)22(45-26)24(38)39)4-12-14(8)9(29)5-11(43-12)6-1-10(30)15(31)13(2-6)44-27-21(37)17(33)19(35)23(46-27)25(40)41/h1-5,16-23,26-28,30-37H,(H,38,39)(H,40,41)/t16-,17-,18-,19-,20+,21+,22-,23-,26+,27+/m0/s1. The first-order valence-corrected chi connectivity index (χ1v) is 13.1. The van der Waals surface area contributed by atoms with Crippen LogP contribution in [0.15, 0.2) is 39.5 Å². The second-order valence-corrected chi connectivity index (χ2v) is 10.3. The molecule has 10 atom stereocenters. The summed E-state index contributed by atoms with van der Waals surface area (Å²) in [5.41, 5.74) is -1.40. The van der Waals surface area contributed by atoms with Gasteiger partial charge in [0.1, 0.15) is 64.9 Å². The van der Waals surface area contributed by atoms with Gasteiger partial charge < -0.3 is 79.5 Å². The summed E-state index contributed by atoms with van der Waals surface area (Å²) in [6, 6.07) is 4.66. The van der Waals surface area contributed by atoms with E-state index in [4.69, 9.17) is 23.4 Å². The molecule has 2 aliphatic rings. The van der Waals surface area contributed by atoms with Gasteiger partial charge in [-0.25, -0.2) is 9.59 Å². The topological polar surface area (TPSA) is 324 Å². The van der Waals surface area contributed by atoms with Gasteiger partial charge in [0.05, 0.1) is 0 Å². The van der Waals surface area contributed by atoms with Gasteiger partial charge in [-0.1, -0.05) is 0 Å². The third-order valence-corrected chi connectivity index (χ3v) is 7.24. The fourth-order valence-electron chi connectivity index (χ4n) is 4.84. The van der Waals surface area contributed by atoms with Crippen LogP contribution in [0.25, 0.3) is 22.3 Å². The lowest BCUT2D eigenvalue weighted by atomic mass is 9.99. The number of hydrogen-bond donors (Lipinski definition) is 11. The number of aliphatic hydroxyl groups excluding tert-OH is 6. The minimum Gasteiger partial charge on any atom is -0.507 e. The van der Waals surface area contributed by atoms with Crippen LogP contribution in [0.4, 0.5) is 0 Å². The monoisotopic (exact) mass is 654 g/mol. The lowest BCUT2D eigenvalue weighted by Crippen LogP contribution is -2.61. The van der Waals surface area contributed by atoms with Crippen LogP contribution in [0.1, 0.15) is 0 Å². The molecule has 19 heteroatoms. The summed E-state index contributed by atoms with van der Waals surface area (Å²) in [7, 11) is 0. The Kier molecular flexibility index (Phi) is 8.68. The first-order chi connectivity index (χ1) is 21.6. The van der Waals surface area contributed by atoms with E-state index in [1.165, 1.54) is 0 Å². The Bertz CT molecular complexity index is 1720. The van der Waals surface area contributed by atoms with Gasteiger partial charge in [-0.15, -0.1) is 0 Å². The number of hydrogen-bond acceptors (Lipinski definition) is 17. The minimum atomic E-state index is -2.05. The summed E-state index contributed by atoms with van der Waals surface area (Å²) in [6.07, 6.45) is -20.0. The molecule has 2 fully saturated rings. The Balaban J connectivity index is 1.49. The van der Waals surface area contributed by atoms with E-state index >= 15 is 0 Å². The highest BCUT2D eigenvalue weighted by Gasteiger charge is 2.49. The Morgan fingerprint density at radius 3 is 1.74 bits per heavy atom. The van der Waals surface area contributed by atoms with Crippen LogP contribution in [-0.4, -0.2) is 130 Å². The first-order valence-electron chi connectivity index (χ1n) is 13.1. The molecule has 46 heavy (non-hydrogen) atoms. The van der Waals surface area contributed by atoms with Crippen molar-refractivity contribution in [1.82, 2.24) is 0 Å². The van der Waals surface area contributed by atoms with E-state index in [-0.39, 0.29) is 28.0 Å². The number of aliphatic carboxylic acids is 2. The van der Waals surface area contributed by atoms with E-state index in [2.05, 4.69) is 0 Å². The van der Waals surface area contributed by atoms with Crippen LogP contribution < -0.4 is 14.9 Å². The molecule has 3 heterocycles. The number of benzene rings is 2. The summed E-state index contributed by atoms with van der Waals surface area (Å²) in [5, 5.41) is 110. The highest BCUT2D eigenvalue weighted by molar-refractivity contribution is 5.86. The number of carboxylic acid groups (broad SMARTS) is 2. The molecule has 0 spiro atoms. The molecule has 0 radical (unpaired) electrons. The number of ether oxygens (including phenoxy) is 4. The summed E-state index contributed by atoms with van der Waals surface area (Å²) in [6.45, 7) is 0. The molecule has 0 saturated carbocycles. The molecule has 2 saturated heterocycles. The summed E-state index contributed by atoms with van der Waals surface area (Å²) >= 11 is 0. The number of aliphatic hydroxyl groups is 6. The predicted molar refractivity (Wildman–Crippen MR) is 143 cm³/mol. The van der Waals surface area contributed by atoms with E-state index < -0.39 is 102 Å². The summed E-state index contributed by atoms with van der Waals surface area (Å²) in [5.74, 6) is -7.26. The number of rotatable bonds is 7. The molecular weight excluding hydrogens is 628 g/mol. The quantitative estimate of drug-likeness (QED) is 0.114. The van der Waals surface area contributed by atoms with Crippen molar-refractivity contribution >= 4 is 22.9 Å². The van der Waals surface area contributed by atoms with Crippen molar-refractivity contribution in [2.45, 2.75) is 61.4 Å². The number of carboxylic acids is 2. The third kappa shape index (κ3) is 5.84. The minimum absolute atomic E-state index is 0.178. The van der Waals surface area contributed by atoms with E-state index in [0.29, 0.717) is 0 Å². The van der Waals surface area contributed by atoms with Gasteiger partial charge in [-0.3, -0.25) is 4.79 Å². The van der Waals surface area contributed by atoms with E-state index in [9.17, 15) is 70.6 Å². The SMILES string of the molecule is O=C(O)[C@H]1O[C@@H](Oc2cc(O)c3c(=O)cc(-c4cc(O)c(O)c(O[C@@H]5O[C@H](C(=O)O)[C@@H](O)[C@H](O)[C@H]5O)c4)oc3c2)[C@H](O)[C@@H](O)[C@@H]1O. The second kappa shape index (κ2) is 12.2. The van der Waals surface area contributed by atoms with Crippen LogP contribution in [0.5, 0.6) is 28.7 Å². The zero-order valence-corrected chi connectivity index (χ0v) is 22.8. The van der Waals surface area contributed by atoms with E-state index in [1.807, 2.05) is 0 Å². The van der Waals surface area contributed by atoms with Crippen LogP contribution >= 0.6 is 0 Å². The molecule has 248 valence electrons. The number of aromatic hydroxyl groups is 3. The fourth-order valence-corrected chi connectivity index (χ4v) is 4.84. The molecule has 2 aliphatic heterocycles. The van der Waals surface area contributed by atoms with Gasteiger partial charge in [0.2, 0.25) is 18.3 Å². The van der Waals surface area contributed by atoms with Gasteiger partial charge in [0.15, 0.2) is 29.1 Å². The van der Waals surface area contributed by atoms with Crippen LogP contribution in [0.3, 0.4) is 0 Å². The average Bonchev–Trinajstić information content (AvgIpc) is 2.98. The zero-order valence-electron chi connectivity index (χ0n) is 22.8. The molecule has 1 aromatic heterocycles. The molecule has 19 nitrogen and oxygen atoms in total. The molecule has 3 aromatic rings. The van der Waals surface area contributed by atoms with Crippen molar-refractivity contribution in [2.24, 2.45) is 0 Å². The Hall–Kier alpha value is -4.73. The normalized spacial score (nSPS) is 31.3. The maximum Gasteiger partial charge on any atom is 0.335 e. The van der Waals surface area contributed by atoms with E-state index in [0.717, 1.165) is 30.3 Å². The van der Waals surface area contributed by atoms with Gasteiger partial charge in [-0.2, -0.15) is 0 Å². The number of phenolic OH excluding ortho intramolecular Hbond substituents is 3. The molecule has 11 N–H and O–H groups in total. The van der Waals surface area contributed by atoms with Crippen molar-refractivity contribution in [3.8, 4) is 40.1 Å². The fraction of sp³-hybridized carbons (Fsp3) is 0.370. The average molecular weight is 654 g/mol. The third-order valence-electron chi connectivity index (χ3n) is 7.24. The smallest absolute Gasteiger partial charge is 0.335 e. The van der Waals surface area contributed by atoms with Gasteiger partial charge >= 0.3 is 11.9 Å². The van der Waals surface area contributed by atoms with Crippen molar-refractivity contribution < 1.29 is 89.1 Å². The summed E-state index contributed by atoms with van der Waals surface area (Å²) < 4.78 is 26.5. The van der Waals surface area contributed by atoms with Gasteiger partial charge in [0, 0.05) is 23.8 Å². The first kappa shape index (κ1) is 32.7. The van der Waals surface area contributed by atoms with Crippen LogP contribution in [-0.2, 0) is 19.1 Å². The maximum atomic E-state index is 13.0. The highest BCUT2D eigenvalue weighted by atomic mass is 16.7. The van der Waals surface area contributed by atoms with E-state index in [1.54, 1.807) is 0 Å². The lowest BCUT2D eigenvalue weighted by Gasteiger charge is -2.38.